The van der Waals surface area contributed by atoms with Gasteiger partial charge in [-0.2, -0.15) is 0 Å². The molecule has 19 heavy (non-hydrogen) atoms. The second kappa shape index (κ2) is 4.20. The van der Waals surface area contributed by atoms with Gasteiger partial charge in [-0.3, -0.25) is 4.79 Å². The van der Waals surface area contributed by atoms with Crippen molar-refractivity contribution in [2.24, 2.45) is 11.8 Å². The molecule has 0 aromatic heterocycles. The fraction of sp³-hybridized carbons (Fsp3) is 0.438. The molecule has 0 spiro atoms. The third-order valence-electron chi connectivity index (χ3n) is 4.42. The molecule has 0 saturated carbocycles. The first kappa shape index (κ1) is 11.2. The Hall–Kier alpha value is -1.61. The van der Waals surface area contributed by atoms with Crippen molar-refractivity contribution in [3.05, 3.63) is 46.6 Å². The lowest BCUT2D eigenvalue weighted by Gasteiger charge is -2.22. The number of amides is 1. The van der Waals surface area contributed by atoms with Gasteiger partial charge < -0.3 is 10.1 Å². The van der Waals surface area contributed by atoms with Crippen LogP contribution in [-0.4, -0.2) is 25.7 Å². The Labute approximate surface area is 112 Å². The third-order valence-corrected chi connectivity index (χ3v) is 4.42. The van der Waals surface area contributed by atoms with E-state index in [1.165, 1.54) is 11.1 Å². The van der Waals surface area contributed by atoms with Gasteiger partial charge in [0.25, 0.3) is 5.91 Å². The summed E-state index contributed by atoms with van der Waals surface area (Å²) in [5.74, 6) is 1.17. The summed E-state index contributed by atoms with van der Waals surface area (Å²) in [5, 5.41) is 3.08. The maximum absolute atomic E-state index is 12.2. The van der Waals surface area contributed by atoms with E-state index in [0.29, 0.717) is 11.8 Å². The molecule has 0 radical (unpaired) electrons. The zero-order valence-electron chi connectivity index (χ0n) is 10.8. The lowest BCUT2D eigenvalue weighted by Crippen LogP contribution is -2.33. The summed E-state index contributed by atoms with van der Waals surface area (Å²) < 4.78 is 5.33. The minimum Gasteiger partial charge on any atom is -0.381 e. The van der Waals surface area contributed by atoms with Crippen molar-refractivity contribution in [2.75, 3.05) is 19.8 Å². The molecule has 3 heteroatoms. The molecule has 1 N–H and O–H groups in total. The average molecular weight is 255 g/mol. The van der Waals surface area contributed by atoms with E-state index >= 15 is 0 Å². The fourth-order valence-corrected chi connectivity index (χ4v) is 3.14. The van der Waals surface area contributed by atoms with Crippen molar-refractivity contribution < 1.29 is 9.53 Å². The summed E-state index contributed by atoms with van der Waals surface area (Å²) in [5.41, 5.74) is 4.68. The Balaban J connectivity index is 1.37. The molecule has 1 saturated heterocycles. The molecule has 0 aromatic carbocycles. The Morgan fingerprint density at radius 2 is 2.16 bits per heavy atom. The van der Waals surface area contributed by atoms with Gasteiger partial charge in [-0.1, -0.05) is 12.2 Å². The van der Waals surface area contributed by atoms with Gasteiger partial charge in [-0.05, 0) is 47.6 Å². The van der Waals surface area contributed by atoms with Crippen molar-refractivity contribution in [3.8, 4) is 0 Å². The van der Waals surface area contributed by atoms with Crippen LogP contribution in [0.4, 0.5) is 0 Å². The van der Waals surface area contributed by atoms with Crippen LogP contribution in [0.5, 0.6) is 0 Å². The van der Waals surface area contributed by atoms with E-state index in [0.717, 1.165) is 43.7 Å². The lowest BCUT2D eigenvalue weighted by molar-refractivity contribution is -0.117. The highest BCUT2D eigenvalue weighted by atomic mass is 16.5. The number of fused-ring (bicyclic) bond motifs is 3. The first-order valence-electron chi connectivity index (χ1n) is 7.05. The van der Waals surface area contributed by atoms with E-state index in [2.05, 4.69) is 23.5 Å². The smallest absolute Gasteiger partial charge is 0.251 e. The first-order chi connectivity index (χ1) is 9.33. The van der Waals surface area contributed by atoms with Crippen LogP contribution in [0, 0.1) is 11.8 Å². The van der Waals surface area contributed by atoms with Gasteiger partial charge in [0.05, 0.1) is 0 Å². The fourth-order valence-electron chi connectivity index (χ4n) is 3.14. The number of allylic oxidation sites excluding steroid dienone is 6. The van der Waals surface area contributed by atoms with Crippen molar-refractivity contribution in [1.82, 2.24) is 5.32 Å². The molecular weight excluding hydrogens is 238 g/mol. The van der Waals surface area contributed by atoms with Crippen LogP contribution in [0.3, 0.4) is 0 Å². The maximum Gasteiger partial charge on any atom is 0.251 e. The van der Waals surface area contributed by atoms with Gasteiger partial charge in [0.15, 0.2) is 0 Å². The SMILES string of the molecule is O=C(NCC1CCOCC1)C1=CC=C2C1=CC1=CC12. The van der Waals surface area contributed by atoms with Crippen LogP contribution in [0.25, 0.3) is 0 Å². The average Bonchev–Trinajstić information content (AvgIpc) is 2.93. The molecule has 3 aliphatic carbocycles. The number of ether oxygens (including phenoxy) is 1. The predicted octanol–water partition coefficient (Wildman–Crippen LogP) is 1.89. The molecule has 1 unspecified atom stereocenters. The summed E-state index contributed by atoms with van der Waals surface area (Å²) in [6.45, 7) is 2.43. The minimum absolute atomic E-state index is 0.0749. The Morgan fingerprint density at radius 1 is 1.32 bits per heavy atom. The van der Waals surface area contributed by atoms with E-state index in [1.54, 1.807) is 0 Å². The highest BCUT2D eigenvalue weighted by molar-refractivity contribution is 6.02. The zero-order chi connectivity index (χ0) is 12.8. The molecule has 4 aliphatic rings. The second-order valence-electron chi connectivity index (χ2n) is 5.67. The number of carbonyl (C=O) groups is 1. The highest BCUT2D eigenvalue weighted by Gasteiger charge is 2.39. The van der Waals surface area contributed by atoms with Gasteiger partial charge in [-0.25, -0.2) is 0 Å². The first-order valence-corrected chi connectivity index (χ1v) is 7.05. The van der Waals surface area contributed by atoms with Crippen LogP contribution in [-0.2, 0) is 9.53 Å². The van der Waals surface area contributed by atoms with Crippen molar-refractivity contribution in [2.45, 2.75) is 12.8 Å². The standard InChI is InChI=1S/C16H17NO2/c18-16(17-9-10-3-5-19-6-4-10)13-2-1-12-14-7-11(14)8-15(12)13/h1-2,7-8,10,14H,3-6,9H2,(H,17,18). The third kappa shape index (κ3) is 1.89. The van der Waals surface area contributed by atoms with Crippen molar-refractivity contribution in [3.63, 3.8) is 0 Å². The van der Waals surface area contributed by atoms with E-state index in [-0.39, 0.29) is 5.91 Å². The number of hydrogen-bond acceptors (Lipinski definition) is 2. The molecule has 3 nitrogen and oxygen atoms in total. The molecule has 1 atom stereocenters. The largest absolute Gasteiger partial charge is 0.381 e. The van der Waals surface area contributed by atoms with Gasteiger partial charge in [0.1, 0.15) is 0 Å². The number of hydrogen-bond donors (Lipinski definition) is 1. The second-order valence-corrected chi connectivity index (χ2v) is 5.67. The normalized spacial score (nSPS) is 27.9. The minimum atomic E-state index is 0.0749. The van der Waals surface area contributed by atoms with Crippen LogP contribution < -0.4 is 5.32 Å². The number of nitrogens with one attached hydrogen (secondary N) is 1. The molecule has 4 rings (SSSR count). The van der Waals surface area contributed by atoms with Gasteiger partial charge in [0.2, 0.25) is 0 Å². The number of carbonyl (C=O) groups excluding carboxylic acids is 1. The van der Waals surface area contributed by atoms with Crippen LogP contribution in [0.2, 0.25) is 0 Å². The zero-order valence-corrected chi connectivity index (χ0v) is 10.8. The summed E-state index contributed by atoms with van der Waals surface area (Å²) in [7, 11) is 0. The monoisotopic (exact) mass is 255 g/mol. The van der Waals surface area contributed by atoms with Crippen LogP contribution in [0.1, 0.15) is 12.8 Å². The molecule has 1 amide bonds. The van der Waals surface area contributed by atoms with Crippen molar-refractivity contribution >= 4 is 5.91 Å². The summed E-state index contributed by atoms with van der Waals surface area (Å²) >= 11 is 0. The molecule has 0 bridgehead atoms. The molecule has 1 fully saturated rings. The van der Waals surface area contributed by atoms with Gasteiger partial charge in [0, 0.05) is 31.2 Å². The number of rotatable bonds is 3. The maximum atomic E-state index is 12.2. The quantitative estimate of drug-likeness (QED) is 0.836. The summed E-state index contributed by atoms with van der Waals surface area (Å²) in [4.78, 5) is 12.2. The van der Waals surface area contributed by atoms with Crippen LogP contribution >= 0.6 is 0 Å². The Morgan fingerprint density at radius 3 is 3.00 bits per heavy atom. The molecular formula is C16H17NO2. The highest BCUT2D eigenvalue weighted by Crippen LogP contribution is 2.51. The molecule has 98 valence electrons. The predicted molar refractivity (Wildman–Crippen MR) is 72.4 cm³/mol. The Kier molecular flexibility index (Phi) is 2.49. The van der Waals surface area contributed by atoms with Crippen LogP contribution in [0.15, 0.2) is 46.6 Å². The van der Waals surface area contributed by atoms with E-state index in [9.17, 15) is 4.79 Å². The topological polar surface area (TPSA) is 38.3 Å². The molecule has 1 aliphatic heterocycles. The lowest BCUT2D eigenvalue weighted by atomic mass is 9.99. The van der Waals surface area contributed by atoms with E-state index in [1.807, 2.05) is 6.08 Å². The van der Waals surface area contributed by atoms with Gasteiger partial charge in [-0.15, -0.1) is 0 Å². The van der Waals surface area contributed by atoms with Gasteiger partial charge >= 0.3 is 0 Å². The molecule has 1 heterocycles. The van der Waals surface area contributed by atoms with Crippen molar-refractivity contribution in [1.29, 1.82) is 0 Å². The Bertz CT molecular complexity index is 559. The van der Waals surface area contributed by atoms with E-state index < -0.39 is 0 Å². The van der Waals surface area contributed by atoms with E-state index in [4.69, 9.17) is 4.74 Å². The summed E-state index contributed by atoms with van der Waals surface area (Å²) in [6, 6.07) is 0. The summed E-state index contributed by atoms with van der Waals surface area (Å²) in [6.07, 6.45) is 10.6. The molecule has 0 aromatic rings.